The first kappa shape index (κ1) is 16.8. The number of pyridine rings is 1. The molecule has 0 aliphatic carbocycles. The number of nitrogens with zero attached hydrogens (tertiary/aromatic N) is 2. The highest BCUT2D eigenvalue weighted by Gasteiger charge is 2.34. The summed E-state index contributed by atoms with van der Waals surface area (Å²) in [5, 5.41) is 5.31. The average molecular weight is 346 g/mol. The van der Waals surface area contributed by atoms with Gasteiger partial charge in [0.05, 0.1) is 6.04 Å². The molecule has 130 valence electrons. The summed E-state index contributed by atoms with van der Waals surface area (Å²) >= 11 is 0. The van der Waals surface area contributed by atoms with Crippen LogP contribution in [0.1, 0.15) is 12.0 Å². The summed E-state index contributed by atoms with van der Waals surface area (Å²) in [4.78, 5) is 29.1. The van der Waals surface area contributed by atoms with Crippen molar-refractivity contribution in [3.63, 3.8) is 0 Å². The monoisotopic (exact) mass is 346 g/mol. The van der Waals surface area contributed by atoms with Crippen LogP contribution >= 0.6 is 0 Å². The zero-order valence-electron chi connectivity index (χ0n) is 13.4. The second-order valence-electron chi connectivity index (χ2n) is 5.76. The molecule has 1 aliphatic heterocycles. The summed E-state index contributed by atoms with van der Waals surface area (Å²) < 4.78 is 27.7. The number of nitrogens with one attached hydrogen (secondary N) is 2. The quantitative estimate of drug-likeness (QED) is 0.897. The van der Waals surface area contributed by atoms with Gasteiger partial charge in [0.15, 0.2) is 0 Å². The molecule has 0 bridgehead atoms. The number of urea groups is 1. The van der Waals surface area contributed by atoms with E-state index in [0.29, 0.717) is 5.69 Å². The van der Waals surface area contributed by atoms with Crippen molar-refractivity contribution in [2.24, 2.45) is 0 Å². The van der Waals surface area contributed by atoms with E-state index in [9.17, 15) is 18.4 Å². The van der Waals surface area contributed by atoms with Crippen LogP contribution in [0.3, 0.4) is 0 Å². The van der Waals surface area contributed by atoms with E-state index in [4.69, 9.17) is 0 Å². The molecular weight excluding hydrogens is 330 g/mol. The molecule has 0 spiro atoms. The molecule has 0 radical (unpaired) electrons. The van der Waals surface area contributed by atoms with Gasteiger partial charge in [-0.1, -0.05) is 6.07 Å². The first-order valence-electron chi connectivity index (χ1n) is 7.68. The first-order valence-corrected chi connectivity index (χ1v) is 7.68. The minimum absolute atomic E-state index is 0.000561. The maximum absolute atomic E-state index is 13.9. The third-order valence-electron chi connectivity index (χ3n) is 3.94. The molecule has 0 saturated carbocycles. The van der Waals surface area contributed by atoms with Gasteiger partial charge in [0.25, 0.3) is 0 Å². The van der Waals surface area contributed by atoms with Crippen molar-refractivity contribution in [3.8, 4) is 0 Å². The molecule has 2 aromatic rings. The number of benzene rings is 1. The molecule has 3 rings (SSSR count). The van der Waals surface area contributed by atoms with E-state index in [1.807, 2.05) is 0 Å². The van der Waals surface area contributed by atoms with Crippen LogP contribution in [0.2, 0.25) is 0 Å². The fraction of sp³-hybridized carbons (Fsp3) is 0.235. The van der Waals surface area contributed by atoms with E-state index in [0.717, 1.165) is 22.6 Å². The van der Waals surface area contributed by atoms with E-state index in [-0.39, 0.29) is 18.7 Å². The van der Waals surface area contributed by atoms with Gasteiger partial charge in [-0.3, -0.25) is 9.78 Å². The largest absolute Gasteiger partial charge is 0.333 e. The van der Waals surface area contributed by atoms with Gasteiger partial charge >= 0.3 is 6.03 Å². The fourth-order valence-electron chi connectivity index (χ4n) is 2.72. The van der Waals surface area contributed by atoms with Crippen molar-refractivity contribution >= 4 is 23.3 Å². The number of carbonyl (C=O) groups excluding carboxylic acids is 2. The Balaban J connectivity index is 1.67. The maximum Gasteiger partial charge on any atom is 0.319 e. The number of halogens is 2. The molecule has 6 nitrogen and oxygen atoms in total. The van der Waals surface area contributed by atoms with E-state index in [1.54, 1.807) is 25.4 Å². The highest BCUT2D eigenvalue weighted by molar-refractivity contribution is 5.98. The molecule has 1 aliphatic rings. The summed E-state index contributed by atoms with van der Waals surface area (Å²) in [6.07, 6.45) is 3.12. The lowest BCUT2D eigenvalue weighted by Gasteiger charge is -2.18. The van der Waals surface area contributed by atoms with Gasteiger partial charge in [0.1, 0.15) is 17.3 Å². The smallest absolute Gasteiger partial charge is 0.319 e. The van der Waals surface area contributed by atoms with Gasteiger partial charge in [0.2, 0.25) is 5.91 Å². The van der Waals surface area contributed by atoms with Crippen molar-refractivity contribution < 1.29 is 18.4 Å². The summed E-state index contributed by atoms with van der Waals surface area (Å²) in [6, 6.07) is 4.01. The van der Waals surface area contributed by atoms with Crippen molar-refractivity contribution in [1.82, 2.24) is 10.3 Å². The Morgan fingerprint density at radius 2 is 2.00 bits per heavy atom. The van der Waals surface area contributed by atoms with Gasteiger partial charge in [-0.15, -0.1) is 0 Å². The fourth-order valence-corrected chi connectivity index (χ4v) is 2.72. The molecule has 8 heteroatoms. The van der Waals surface area contributed by atoms with Crippen LogP contribution in [0.4, 0.5) is 25.0 Å². The molecule has 1 saturated heterocycles. The van der Waals surface area contributed by atoms with Crippen LogP contribution < -0.4 is 15.5 Å². The minimum Gasteiger partial charge on any atom is -0.333 e. The predicted octanol–water partition coefficient (Wildman–Crippen LogP) is 2.60. The molecule has 0 unspecified atom stereocenters. The predicted molar refractivity (Wildman–Crippen MR) is 88.2 cm³/mol. The van der Waals surface area contributed by atoms with Crippen LogP contribution in [0.5, 0.6) is 0 Å². The molecule has 1 atom stereocenters. The number of rotatable bonds is 3. The lowest BCUT2D eigenvalue weighted by Crippen LogP contribution is -2.40. The number of hydrogen-bond acceptors (Lipinski definition) is 3. The van der Waals surface area contributed by atoms with Crippen LogP contribution in [0.15, 0.2) is 36.7 Å². The summed E-state index contributed by atoms with van der Waals surface area (Å²) in [6.45, 7) is 1.80. The van der Waals surface area contributed by atoms with Gasteiger partial charge in [-0.2, -0.15) is 0 Å². The van der Waals surface area contributed by atoms with E-state index in [2.05, 4.69) is 15.6 Å². The van der Waals surface area contributed by atoms with E-state index >= 15 is 0 Å². The van der Waals surface area contributed by atoms with Crippen molar-refractivity contribution in [2.75, 3.05) is 16.8 Å². The Kier molecular flexibility index (Phi) is 4.60. The number of carbonyl (C=O) groups is 2. The van der Waals surface area contributed by atoms with Crippen LogP contribution in [0.25, 0.3) is 0 Å². The third-order valence-corrected chi connectivity index (χ3v) is 3.94. The Labute approximate surface area is 142 Å². The highest BCUT2D eigenvalue weighted by atomic mass is 19.1. The van der Waals surface area contributed by atoms with Gasteiger partial charge < -0.3 is 15.5 Å². The zero-order valence-corrected chi connectivity index (χ0v) is 13.4. The topological polar surface area (TPSA) is 74.3 Å². The number of hydrogen-bond donors (Lipinski definition) is 2. The zero-order chi connectivity index (χ0) is 18.0. The Morgan fingerprint density at radius 3 is 2.68 bits per heavy atom. The molecule has 2 heterocycles. The van der Waals surface area contributed by atoms with Gasteiger partial charge in [-0.25, -0.2) is 13.6 Å². The lowest BCUT2D eigenvalue weighted by atomic mass is 10.2. The van der Waals surface area contributed by atoms with Crippen LogP contribution in [-0.4, -0.2) is 29.5 Å². The average Bonchev–Trinajstić information content (AvgIpc) is 2.89. The Morgan fingerprint density at radius 1 is 1.28 bits per heavy atom. The van der Waals surface area contributed by atoms with Crippen molar-refractivity contribution in [3.05, 3.63) is 53.9 Å². The lowest BCUT2D eigenvalue weighted by molar-refractivity contribution is -0.117. The van der Waals surface area contributed by atoms with Crippen molar-refractivity contribution in [2.45, 2.75) is 19.4 Å². The number of aromatic nitrogens is 1. The SMILES string of the molecule is Cc1cnccc1NC(=O)N[C@H]1CC(=O)N(c2c(F)cccc2F)C1. The molecule has 3 amide bonds. The minimum atomic E-state index is -0.814. The Hall–Kier alpha value is -3.03. The van der Waals surface area contributed by atoms with Gasteiger partial charge in [-0.05, 0) is 30.7 Å². The molecule has 2 N–H and O–H groups in total. The normalized spacial score (nSPS) is 16.8. The van der Waals surface area contributed by atoms with Gasteiger partial charge in [0, 0.05) is 31.0 Å². The molecule has 1 aromatic carbocycles. The molecule has 1 aromatic heterocycles. The van der Waals surface area contributed by atoms with Crippen LogP contribution in [0, 0.1) is 18.6 Å². The number of amides is 3. The maximum atomic E-state index is 13.9. The number of anilines is 2. The molecular formula is C17H16F2N4O2. The second kappa shape index (κ2) is 6.84. The van der Waals surface area contributed by atoms with Crippen LogP contribution in [-0.2, 0) is 4.79 Å². The van der Waals surface area contributed by atoms with E-state index in [1.165, 1.54) is 6.07 Å². The van der Waals surface area contributed by atoms with E-state index < -0.39 is 29.6 Å². The first-order chi connectivity index (χ1) is 12.0. The number of para-hydroxylation sites is 1. The summed E-state index contributed by atoms with van der Waals surface area (Å²) in [7, 11) is 0. The second-order valence-corrected chi connectivity index (χ2v) is 5.76. The summed E-state index contributed by atoms with van der Waals surface area (Å²) in [5.41, 5.74) is 0.992. The van der Waals surface area contributed by atoms with Crippen molar-refractivity contribution in [1.29, 1.82) is 0 Å². The number of aryl methyl sites for hydroxylation is 1. The third kappa shape index (κ3) is 3.57. The molecule has 1 fully saturated rings. The summed E-state index contributed by atoms with van der Waals surface area (Å²) in [5.74, 6) is -2.08. The molecule has 25 heavy (non-hydrogen) atoms. The standard InChI is InChI=1S/C17H16F2N4O2/c1-10-8-20-6-5-14(10)22-17(25)21-11-7-15(24)23(9-11)16-12(18)3-2-4-13(16)19/h2-6,8,11H,7,9H2,1H3,(H2,20,21,22,25)/t11-/m0/s1. The highest BCUT2D eigenvalue weighted by Crippen LogP contribution is 2.27. The Bertz CT molecular complexity index is 808.